The molecule has 0 spiro atoms. The van der Waals surface area contributed by atoms with E-state index in [4.69, 9.17) is 16.3 Å². The highest BCUT2D eigenvalue weighted by atomic mass is 35.5. The van der Waals surface area contributed by atoms with Gasteiger partial charge in [0.25, 0.3) is 0 Å². The zero-order valence-corrected chi connectivity index (χ0v) is 15.4. The topological polar surface area (TPSA) is 63.6 Å². The van der Waals surface area contributed by atoms with Gasteiger partial charge in [-0.05, 0) is 36.9 Å². The molecule has 0 fully saturated rings. The average molecular weight is 369 g/mol. The summed E-state index contributed by atoms with van der Waals surface area (Å²) in [5.74, 6) is 0.845. The standard InChI is InChI=1S/C18H21ClO4S/c1-11(12(2)21)6-15(22)18-8-13-7-14(10-20)16(9-17(13)24-18)23-5-3-4-19/h7-9,11,20H,3-6,10H2,1-2H3/t11-/m0/s1. The third kappa shape index (κ3) is 4.56. The number of Topliss-reactive ketones (excluding diaryl/α,β-unsaturated/α-hetero) is 2. The number of alkyl halides is 1. The Morgan fingerprint density at radius 1 is 1.33 bits per heavy atom. The van der Waals surface area contributed by atoms with E-state index in [9.17, 15) is 14.7 Å². The SMILES string of the molecule is CC(=O)[C@@H](C)CC(=O)c1cc2cc(CO)c(OCCCCl)cc2s1. The molecular weight excluding hydrogens is 348 g/mol. The van der Waals surface area contributed by atoms with E-state index in [1.807, 2.05) is 18.2 Å². The summed E-state index contributed by atoms with van der Waals surface area (Å²) in [7, 11) is 0. The van der Waals surface area contributed by atoms with Crippen LogP contribution in [0.2, 0.25) is 0 Å². The van der Waals surface area contributed by atoms with E-state index in [-0.39, 0.29) is 30.5 Å². The van der Waals surface area contributed by atoms with Gasteiger partial charge in [0.2, 0.25) is 0 Å². The number of aliphatic hydroxyl groups is 1. The first-order valence-corrected chi connectivity index (χ1v) is 9.21. The molecule has 0 aliphatic rings. The smallest absolute Gasteiger partial charge is 0.173 e. The summed E-state index contributed by atoms with van der Waals surface area (Å²) in [5, 5.41) is 10.4. The molecule has 2 aromatic rings. The highest BCUT2D eigenvalue weighted by molar-refractivity contribution is 7.20. The average Bonchev–Trinajstić information content (AvgIpc) is 2.97. The van der Waals surface area contributed by atoms with Crippen LogP contribution in [0.4, 0.5) is 0 Å². The number of aliphatic hydroxyl groups excluding tert-OH is 1. The summed E-state index contributed by atoms with van der Waals surface area (Å²) in [6.07, 6.45) is 0.940. The van der Waals surface area contributed by atoms with E-state index >= 15 is 0 Å². The second-order valence-corrected chi connectivity index (χ2v) is 7.26. The van der Waals surface area contributed by atoms with Crippen molar-refractivity contribution in [2.45, 2.75) is 33.3 Å². The van der Waals surface area contributed by atoms with E-state index in [1.165, 1.54) is 18.3 Å². The van der Waals surface area contributed by atoms with Crippen molar-refractivity contribution in [2.75, 3.05) is 12.5 Å². The van der Waals surface area contributed by atoms with Gasteiger partial charge in [0.1, 0.15) is 11.5 Å². The Labute approximate surface area is 150 Å². The highest BCUT2D eigenvalue weighted by Gasteiger charge is 2.18. The number of hydrogen-bond donors (Lipinski definition) is 1. The molecule has 24 heavy (non-hydrogen) atoms. The Hall–Kier alpha value is -1.43. The molecule has 1 N–H and O–H groups in total. The highest BCUT2D eigenvalue weighted by Crippen LogP contribution is 2.33. The Morgan fingerprint density at radius 3 is 2.71 bits per heavy atom. The minimum atomic E-state index is -0.273. The third-order valence-corrected chi connectivity index (χ3v) is 5.27. The number of ether oxygens (including phenoxy) is 1. The van der Waals surface area contributed by atoms with Gasteiger partial charge < -0.3 is 9.84 Å². The van der Waals surface area contributed by atoms with Crippen molar-refractivity contribution in [3.05, 3.63) is 28.6 Å². The Morgan fingerprint density at radius 2 is 2.08 bits per heavy atom. The van der Waals surface area contributed by atoms with Crippen molar-refractivity contribution < 1.29 is 19.4 Å². The molecule has 0 bridgehead atoms. The number of fused-ring (bicyclic) bond motifs is 1. The summed E-state index contributed by atoms with van der Waals surface area (Å²) in [6, 6.07) is 5.51. The predicted molar refractivity (Wildman–Crippen MR) is 97.4 cm³/mol. The molecule has 1 heterocycles. The molecule has 0 saturated carbocycles. The Balaban J connectivity index is 2.26. The van der Waals surface area contributed by atoms with Gasteiger partial charge in [-0.1, -0.05) is 6.92 Å². The van der Waals surface area contributed by atoms with Crippen molar-refractivity contribution >= 4 is 44.6 Å². The number of halogens is 1. The van der Waals surface area contributed by atoms with Crippen LogP contribution in [-0.2, 0) is 11.4 Å². The van der Waals surface area contributed by atoms with E-state index < -0.39 is 0 Å². The fraction of sp³-hybridized carbons (Fsp3) is 0.444. The van der Waals surface area contributed by atoms with Crippen molar-refractivity contribution in [3.63, 3.8) is 0 Å². The molecule has 2 rings (SSSR count). The minimum Gasteiger partial charge on any atom is -0.493 e. The van der Waals surface area contributed by atoms with Gasteiger partial charge in [0, 0.05) is 28.5 Å². The first kappa shape index (κ1) is 18.9. The Bertz CT molecular complexity index is 738. The maximum atomic E-state index is 12.3. The van der Waals surface area contributed by atoms with Crippen LogP contribution in [0.5, 0.6) is 5.75 Å². The molecule has 6 heteroatoms. The molecule has 0 saturated heterocycles. The van der Waals surface area contributed by atoms with E-state index in [1.54, 1.807) is 6.92 Å². The van der Waals surface area contributed by atoms with Crippen LogP contribution in [0.25, 0.3) is 10.1 Å². The van der Waals surface area contributed by atoms with Crippen molar-refractivity contribution in [3.8, 4) is 5.75 Å². The molecule has 0 radical (unpaired) electrons. The number of thiophene rings is 1. The van der Waals surface area contributed by atoms with Gasteiger partial charge in [-0.15, -0.1) is 22.9 Å². The lowest BCUT2D eigenvalue weighted by atomic mass is 10.00. The van der Waals surface area contributed by atoms with Gasteiger partial charge in [-0.3, -0.25) is 9.59 Å². The molecule has 1 aromatic carbocycles. The van der Waals surface area contributed by atoms with Crippen LogP contribution in [0, 0.1) is 5.92 Å². The lowest BCUT2D eigenvalue weighted by Gasteiger charge is -2.09. The third-order valence-electron chi connectivity index (χ3n) is 3.87. The van der Waals surface area contributed by atoms with Crippen molar-refractivity contribution in [1.29, 1.82) is 0 Å². The number of hydrogen-bond acceptors (Lipinski definition) is 5. The minimum absolute atomic E-state index is 0.0157. The summed E-state index contributed by atoms with van der Waals surface area (Å²) in [6.45, 7) is 3.61. The van der Waals surface area contributed by atoms with E-state index in [0.717, 1.165) is 16.5 Å². The zero-order chi connectivity index (χ0) is 17.7. The largest absolute Gasteiger partial charge is 0.493 e. The van der Waals surface area contributed by atoms with E-state index in [2.05, 4.69) is 0 Å². The van der Waals surface area contributed by atoms with Crippen LogP contribution < -0.4 is 4.74 Å². The number of ketones is 2. The maximum Gasteiger partial charge on any atom is 0.173 e. The van der Waals surface area contributed by atoms with Gasteiger partial charge >= 0.3 is 0 Å². The first-order valence-electron chi connectivity index (χ1n) is 7.86. The monoisotopic (exact) mass is 368 g/mol. The quantitative estimate of drug-likeness (QED) is 0.409. The molecule has 4 nitrogen and oxygen atoms in total. The zero-order valence-electron chi connectivity index (χ0n) is 13.8. The second-order valence-electron chi connectivity index (χ2n) is 5.80. The summed E-state index contributed by atoms with van der Waals surface area (Å²) in [4.78, 5) is 24.3. The van der Waals surface area contributed by atoms with Gasteiger partial charge in [0.15, 0.2) is 5.78 Å². The first-order chi connectivity index (χ1) is 11.5. The molecule has 0 amide bonds. The normalized spacial score (nSPS) is 12.3. The van der Waals surface area contributed by atoms with Crippen LogP contribution in [0.3, 0.4) is 0 Å². The summed E-state index contributed by atoms with van der Waals surface area (Å²) in [5.41, 5.74) is 0.686. The molecule has 1 aromatic heterocycles. The molecule has 0 unspecified atom stereocenters. The molecular formula is C18H21ClO4S. The molecule has 0 aliphatic heterocycles. The fourth-order valence-electron chi connectivity index (χ4n) is 2.27. The van der Waals surface area contributed by atoms with Gasteiger partial charge in [-0.2, -0.15) is 0 Å². The van der Waals surface area contributed by atoms with Crippen LogP contribution in [0.15, 0.2) is 18.2 Å². The van der Waals surface area contributed by atoms with Crippen LogP contribution in [0.1, 0.15) is 41.9 Å². The summed E-state index contributed by atoms with van der Waals surface area (Å²) < 4.78 is 6.60. The second kappa shape index (κ2) is 8.60. The number of carbonyl (C=O) groups is 2. The number of benzene rings is 1. The number of carbonyl (C=O) groups excluding carboxylic acids is 2. The lowest BCUT2D eigenvalue weighted by molar-refractivity contribution is -0.120. The van der Waals surface area contributed by atoms with Gasteiger partial charge in [-0.25, -0.2) is 0 Å². The number of rotatable bonds is 9. The fourth-order valence-corrected chi connectivity index (χ4v) is 3.40. The van der Waals surface area contributed by atoms with Crippen LogP contribution >= 0.6 is 22.9 Å². The summed E-state index contributed by atoms with van der Waals surface area (Å²) >= 11 is 7.03. The molecule has 0 aliphatic carbocycles. The van der Waals surface area contributed by atoms with Crippen molar-refractivity contribution in [1.82, 2.24) is 0 Å². The predicted octanol–water partition coefficient (Wildman–Crippen LogP) is 4.20. The molecule has 1 atom stereocenters. The van der Waals surface area contributed by atoms with E-state index in [0.29, 0.717) is 28.7 Å². The van der Waals surface area contributed by atoms with Crippen LogP contribution in [-0.4, -0.2) is 29.2 Å². The maximum absolute atomic E-state index is 12.3. The Kier molecular flexibility index (Phi) is 6.78. The molecule has 130 valence electrons. The van der Waals surface area contributed by atoms with Crippen molar-refractivity contribution in [2.24, 2.45) is 5.92 Å². The van der Waals surface area contributed by atoms with Gasteiger partial charge in [0.05, 0.1) is 18.1 Å². The lowest BCUT2D eigenvalue weighted by Crippen LogP contribution is -2.11.